The molecular weight excluding hydrogens is 452 g/mol. The smallest absolute Gasteiger partial charge is 0.326 e. The van der Waals surface area contributed by atoms with E-state index in [2.05, 4.69) is 5.32 Å². The molecule has 0 radical (unpaired) electrons. The molecule has 0 aliphatic rings. The minimum absolute atomic E-state index is 0.0178. The van der Waals surface area contributed by atoms with Gasteiger partial charge < -0.3 is 37.2 Å². The fraction of sp³-hybridized carbons (Fsp3) is 0.762. The van der Waals surface area contributed by atoms with Crippen LogP contribution in [-0.2, 0) is 24.0 Å². The zero-order valence-electron chi connectivity index (χ0n) is 19.9. The number of unbranched alkanes of at least 4 members (excludes halogenated alkanes) is 2. The Morgan fingerprint density at radius 1 is 0.824 bits per heavy atom. The number of nitrogens with two attached hydrogens (primary N) is 2. The van der Waals surface area contributed by atoms with Gasteiger partial charge in [-0.15, -0.1) is 0 Å². The van der Waals surface area contributed by atoms with Crippen LogP contribution in [0.4, 0.5) is 0 Å². The number of rotatable bonds is 16. The number of carbonyl (C=O) groups excluding carboxylic acids is 4. The Kier molecular flexibility index (Phi) is 13.7. The predicted octanol–water partition coefficient (Wildman–Crippen LogP) is -2.38. The minimum atomic E-state index is -2.74. The molecule has 0 aromatic heterocycles. The van der Waals surface area contributed by atoms with Crippen LogP contribution in [0.25, 0.3) is 0 Å². The predicted molar refractivity (Wildman–Crippen MR) is 120 cm³/mol. The summed E-state index contributed by atoms with van der Waals surface area (Å²) in [5, 5.41) is 41.7. The van der Waals surface area contributed by atoms with E-state index in [1.807, 2.05) is 0 Å². The molecule has 0 rings (SSSR count). The van der Waals surface area contributed by atoms with E-state index in [0.717, 1.165) is 20.8 Å². The summed E-state index contributed by atoms with van der Waals surface area (Å²) >= 11 is 0. The van der Waals surface area contributed by atoms with Gasteiger partial charge >= 0.3 is 5.97 Å². The molecule has 0 bridgehead atoms. The largest absolute Gasteiger partial charge is 0.480 e. The first-order chi connectivity index (χ1) is 15.8. The van der Waals surface area contributed by atoms with Gasteiger partial charge in [0.15, 0.2) is 11.3 Å². The molecule has 0 aromatic carbocycles. The lowest BCUT2D eigenvalue weighted by Gasteiger charge is -2.42. The third-order valence-corrected chi connectivity index (χ3v) is 5.24. The van der Waals surface area contributed by atoms with Crippen LogP contribution in [0, 0.1) is 0 Å². The standard InChI is InChI=1S/C21H38N4O9/c1-12(26)16(29)21(9-5-7-11-23,25(17(30)13(2)27)18(31)14(3)28)20(34)24-15(19(32)33)8-4-6-10-22/h12-15,26-28H,4-11,22-23H2,1-3H3,(H,24,34)(H,32,33). The normalized spacial score (nSPS) is 16.5. The number of hydrogen-bond acceptors (Lipinski definition) is 10. The van der Waals surface area contributed by atoms with Crippen LogP contribution < -0.4 is 16.8 Å². The summed E-state index contributed by atoms with van der Waals surface area (Å²) < 4.78 is 0. The maximum atomic E-state index is 13.6. The van der Waals surface area contributed by atoms with Crippen LogP contribution in [0.1, 0.15) is 59.3 Å². The summed E-state index contributed by atoms with van der Waals surface area (Å²) in [6.45, 7) is 3.41. The lowest BCUT2D eigenvalue weighted by atomic mass is 9.81. The number of Topliss-reactive ketones (excluding diaryl/α,β-unsaturated/α-hetero) is 1. The van der Waals surface area contributed by atoms with Crippen molar-refractivity contribution in [1.82, 2.24) is 10.2 Å². The minimum Gasteiger partial charge on any atom is -0.480 e. The third kappa shape index (κ3) is 8.09. The van der Waals surface area contributed by atoms with E-state index in [1.165, 1.54) is 0 Å². The van der Waals surface area contributed by atoms with Gasteiger partial charge in [-0.2, -0.15) is 0 Å². The van der Waals surface area contributed by atoms with E-state index in [0.29, 0.717) is 12.8 Å². The number of carboxylic acids is 1. The lowest BCUT2D eigenvalue weighted by Crippen LogP contribution is -2.71. The lowest BCUT2D eigenvalue weighted by molar-refractivity contribution is -0.173. The maximum absolute atomic E-state index is 13.6. The van der Waals surface area contributed by atoms with Gasteiger partial charge in [0.1, 0.15) is 24.4 Å². The molecule has 0 spiro atoms. The number of nitrogens with zero attached hydrogens (tertiary/aromatic N) is 1. The Morgan fingerprint density at radius 3 is 1.68 bits per heavy atom. The van der Waals surface area contributed by atoms with Gasteiger partial charge in [-0.25, -0.2) is 4.79 Å². The Balaban J connectivity index is 6.86. The summed E-state index contributed by atoms with van der Waals surface area (Å²) in [5.74, 6) is -6.80. The van der Waals surface area contributed by atoms with Gasteiger partial charge in [0, 0.05) is 0 Å². The average molecular weight is 491 g/mol. The van der Waals surface area contributed by atoms with Crippen molar-refractivity contribution in [3.8, 4) is 0 Å². The Morgan fingerprint density at radius 2 is 1.29 bits per heavy atom. The van der Waals surface area contributed by atoms with Crippen molar-refractivity contribution in [2.45, 2.75) is 89.2 Å². The van der Waals surface area contributed by atoms with Gasteiger partial charge in [-0.3, -0.25) is 24.1 Å². The number of hydrogen-bond donors (Lipinski definition) is 7. The molecule has 0 aliphatic heterocycles. The summed E-state index contributed by atoms with van der Waals surface area (Å²) in [5.41, 5.74) is 8.18. The summed E-state index contributed by atoms with van der Waals surface area (Å²) in [4.78, 5) is 64.6. The van der Waals surface area contributed by atoms with E-state index < -0.39 is 65.8 Å². The van der Waals surface area contributed by atoms with Crippen LogP contribution in [0.15, 0.2) is 0 Å². The molecule has 13 heteroatoms. The first-order valence-electron chi connectivity index (χ1n) is 11.2. The summed E-state index contributed by atoms with van der Waals surface area (Å²) in [7, 11) is 0. The monoisotopic (exact) mass is 490 g/mol. The molecule has 0 fully saturated rings. The molecular formula is C21H38N4O9. The topological polar surface area (TPSA) is 234 Å². The van der Waals surface area contributed by atoms with Gasteiger partial charge in [0.2, 0.25) is 0 Å². The van der Waals surface area contributed by atoms with Gasteiger partial charge in [-0.1, -0.05) is 0 Å². The van der Waals surface area contributed by atoms with E-state index >= 15 is 0 Å². The highest BCUT2D eigenvalue weighted by atomic mass is 16.4. The molecule has 34 heavy (non-hydrogen) atoms. The number of carboxylic acid groups (broad SMARTS) is 1. The highest BCUT2D eigenvalue weighted by molar-refractivity contribution is 6.19. The van der Waals surface area contributed by atoms with E-state index in [4.69, 9.17) is 11.5 Å². The number of ketones is 1. The van der Waals surface area contributed by atoms with Crippen molar-refractivity contribution in [3.63, 3.8) is 0 Å². The van der Waals surface area contributed by atoms with Gasteiger partial charge in [0.05, 0.1) is 0 Å². The van der Waals surface area contributed by atoms with Gasteiger partial charge in [0.25, 0.3) is 17.7 Å². The molecule has 3 amide bonds. The number of nitrogens with one attached hydrogen (secondary N) is 1. The first-order valence-corrected chi connectivity index (χ1v) is 11.2. The third-order valence-electron chi connectivity index (χ3n) is 5.24. The van der Waals surface area contributed by atoms with Crippen molar-refractivity contribution in [3.05, 3.63) is 0 Å². The quantitative estimate of drug-likeness (QED) is 0.0891. The highest BCUT2D eigenvalue weighted by Gasteiger charge is 2.57. The Labute approximate surface area is 198 Å². The fourth-order valence-corrected chi connectivity index (χ4v) is 3.43. The second-order valence-corrected chi connectivity index (χ2v) is 8.16. The van der Waals surface area contributed by atoms with Crippen molar-refractivity contribution < 1.29 is 44.4 Å². The van der Waals surface area contributed by atoms with E-state index in [1.54, 1.807) is 0 Å². The SMILES string of the molecule is CC(O)C(=O)N(C(=O)C(C)O)C(CCCCN)(C(=O)NC(CCCCN)C(=O)O)C(=O)C(C)O. The molecule has 0 saturated heterocycles. The number of imide groups is 1. The summed E-state index contributed by atoms with van der Waals surface area (Å²) in [6, 6.07) is -1.50. The van der Waals surface area contributed by atoms with Crippen LogP contribution in [0.2, 0.25) is 0 Å². The number of amides is 3. The molecule has 0 aromatic rings. The molecule has 0 aliphatic carbocycles. The maximum Gasteiger partial charge on any atom is 0.326 e. The van der Waals surface area contributed by atoms with Crippen LogP contribution >= 0.6 is 0 Å². The van der Waals surface area contributed by atoms with Crippen LogP contribution in [0.3, 0.4) is 0 Å². The number of carbonyl (C=O) groups is 5. The van der Waals surface area contributed by atoms with Crippen molar-refractivity contribution in [2.75, 3.05) is 13.1 Å². The van der Waals surface area contributed by atoms with Crippen molar-refractivity contribution in [1.29, 1.82) is 0 Å². The number of aliphatic hydroxyl groups is 3. The first kappa shape index (κ1) is 31.6. The Hall–Kier alpha value is -2.45. The fourth-order valence-electron chi connectivity index (χ4n) is 3.43. The molecule has 13 nitrogen and oxygen atoms in total. The molecule has 5 atom stereocenters. The van der Waals surface area contributed by atoms with Crippen molar-refractivity contribution in [2.24, 2.45) is 11.5 Å². The highest BCUT2D eigenvalue weighted by Crippen LogP contribution is 2.29. The molecule has 5 unspecified atom stereocenters. The second-order valence-electron chi connectivity index (χ2n) is 8.16. The van der Waals surface area contributed by atoms with E-state index in [9.17, 15) is 44.4 Å². The molecule has 196 valence electrons. The molecule has 0 saturated carbocycles. The van der Waals surface area contributed by atoms with Crippen LogP contribution in [-0.4, -0.2) is 97.8 Å². The van der Waals surface area contributed by atoms with E-state index in [-0.39, 0.29) is 37.3 Å². The van der Waals surface area contributed by atoms with Gasteiger partial charge in [-0.05, 0) is 72.4 Å². The second kappa shape index (κ2) is 14.7. The van der Waals surface area contributed by atoms with Crippen LogP contribution in [0.5, 0.6) is 0 Å². The zero-order chi connectivity index (χ0) is 26.6. The zero-order valence-corrected chi connectivity index (χ0v) is 19.9. The molecule has 0 heterocycles. The summed E-state index contributed by atoms with van der Waals surface area (Å²) in [6.07, 6.45) is -5.14. The molecule has 9 N–H and O–H groups in total. The number of aliphatic hydroxyl groups excluding tert-OH is 3. The Bertz CT molecular complexity index is 707. The van der Waals surface area contributed by atoms with Crippen molar-refractivity contribution >= 4 is 29.5 Å². The number of aliphatic carboxylic acids is 1. The average Bonchev–Trinajstić information content (AvgIpc) is 2.76.